The highest BCUT2D eigenvalue weighted by Gasteiger charge is 2.36. The number of hydrogen-bond donors (Lipinski definition) is 2. The summed E-state index contributed by atoms with van der Waals surface area (Å²) in [6.07, 6.45) is -4.76. The zero-order valence-corrected chi connectivity index (χ0v) is 9.36. The smallest absolute Gasteiger partial charge is 0.384 e. The molecule has 2 amide bonds. The fourth-order valence-electron chi connectivity index (χ4n) is 1.54. The monoisotopic (exact) mass is 275 g/mol. The molecule has 0 unspecified atom stereocenters. The van der Waals surface area contributed by atoms with Gasteiger partial charge in [-0.05, 0) is 0 Å². The van der Waals surface area contributed by atoms with Gasteiger partial charge in [0.25, 0.3) is 0 Å². The Morgan fingerprint density at radius 1 is 1.21 bits per heavy atom. The summed E-state index contributed by atoms with van der Waals surface area (Å²) in [7, 11) is 0. The van der Waals surface area contributed by atoms with Gasteiger partial charge in [0.15, 0.2) is 0 Å². The molecule has 19 heavy (non-hydrogen) atoms. The van der Waals surface area contributed by atoms with Crippen molar-refractivity contribution < 1.29 is 22.8 Å². The molecule has 1 fully saturated rings. The fourth-order valence-corrected chi connectivity index (χ4v) is 1.54. The Labute approximate surface area is 104 Å². The first kappa shape index (κ1) is 13.1. The molecule has 102 valence electrons. The van der Waals surface area contributed by atoms with Crippen LogP contribution in [0.4, 0.5) is 24.8 Å². The third kappa shape index (κ3) is 2.89. The summed E-state index contributed by atoms with van der Waals surface area (Å²) in [6, 6.07) is 1.07. The van der Waals surface area contributed by atoms with Gasteiger partial charge in [-0.2, -0.15) is 13.2 Å². The average Bonchev–Trinajstić information content (AvgIpc) is 2.25. The molecule has 0 spiro atoms. The molecule has 1 aromatic heterocycles. The van der Waals surface area contributed by atoms with Gasteiger partial charge in [0.1, 0.15) is 11.6 Å². The van der Waals surface area contributed by atoms with Gasteiger partial charge in [0, 0.05) is 6.07 Å². The average molecular weight is 275 g/mol. The first-order chi connectivity index (χ1) is 8.75. The molecular formula is C9H8F3N5O2. The maximum Gasteiger partial charge on any atom is 0.451 e. The van der Waals surface area contributed by atoms with E-state index in [1.165, 1.54) is 0 Å². The number of rotatable bonds is 1. The van der Waals surface area contributed by atoms with Crippen LogP contribution in [0.3, 0.4) is 0 Å². The van der Waals surface area contributed by atoms with Crippen molar-refractivity contribution >= 4 is 23.5 Å². The Morgan fingerprint density at radius 2 is 1.79 bits per heavy atom. The predicted molar refractivity (Wildman–Crippen MR) is 56.8 cm³/mol. The lowest BCUT2D eigenvalue weighted by Gasteiger charge is -2.26. The van der Waals surface area contributed by atoms with Gasteiger partial charge in [0.05, 0.1) is 13.1 Å². The number of hydrogen-bond acceptors (Lipinski definition) is 6. The van der Waals surface area contributed by atoms with E-state index in [4.69, 9.17) is 5.73 Å². The molecule has 0 aromatic carbocycles. The Bertz CT molecular complexity index is 529. The number of carbonyl (C=O) groups is 2. The van der Waals surface area contributed by atoms with E-state index in [9.17, 15) is 22.8 Å². The molecule has 0 atom stereocenters. The van der Waals surface area contributed by atoms with Crippen LogP contribution < -0.4 is 16.0 Å². The highest BCUT2D eigenvalue weighted by Crippen LogP contribution is 2.28. The van der Waals surface area contributed by atoms with E-state index in [0.29, 0.717) is 0 Å². The summed E-state index contributed by atoms with van der Waals surface area (Å²) in [4.78, 5) is 29.7. The quantitative estimate of drug-likeness (QED) is 0.672. The number of amides is 2. The number of nitrogens with two attached hydrogens (primary N) is 1. The summed E-state index contributed by atoms with van der Waals surface area (Å²) in [5.74, 6) is -3.27. The van der Waals surface area contributed by atoms with Gasteiger partial charge < -0.3 is 10.6 Å². The molecule has 7 nitrogen and oxygen atoms in total. The molecular weight excluding hydrogens is 267 g/mol. The van der Waals surface area contributed by atoms with Crippen molar-refractivity contribution in [2.45, 2.75) is 6.18 Å². The van der Waals surface area contributed by atoms with Gasteiger partial charge in [-0.1, -0.05) is 0 Å². The first-order valence-corrected chi connectivity index (χ1v) is 5.05. The van der Waals surface area contributed by atoms with Gasteiger partial charge >= 0.3 is 6.18 Å². The first-order valence-electron chi connectivity index (χ1n) is 5.05. The van der Waals surface area contributed by atoms with E-state index < -0.39 is 29.6 Å². The largest absolute Gasteiger partial charge is 0.451 e. The van der Waals surface area contributed by atoms with Crippen LogP contribution in [0.2, 0.25) is 0 Å². The van der Waals surface area contributed by atoms with Crippen LogP contribution in [0.25, 0.3) is 0 Å². The van der Waals surface area contributed by atoms with Gasteiger partial charge in [0.2, 0.25) is 17.6 Å². The van der Waals surface area contributed by atoms with Crippen molar-refractivity contribution in [3.8, 4) is 0 Å². The van der Waals surface area contributed by atoms with Crippen molar-refractivity contribution in [3.05, 3.63) is 11.9 Å². The number of nitrogens with zero attached hydrogens (tertiary/aromatic N) is 3. The maximum atomic E-state index is 12.5. The van der Waals surface area contributed by atoms with Crippen LogP contribution in [-0.2, 0) is 15.8 Å². The lowest BCUT2D eigenvalue weighted by atomic mass is 10.3. The molecule has 1 aliphatic heterocycles. The molecule has 2 rings (SSSR count). The van der Waals surface area contributed by atoms with Crippen LogP contribution in [0.5, 0.6) is 0 Å². The molecule has 0 radical (unpaired) electrons. The molecule has 0 aliphatic carbocycles. The third-order valence-corrected chi connectivity index (χ3v) is 2.26. The van der Waals surface area contributed by atoms with Gasteiger partial charge in [-0.15, -0.1) is 0 Å². The zero-order chi connectivity index (χ0) is 14.2. The molecule has 1 aromatic rings. The van der Waals surface area contributed by atoms with Crippen LogP contribution >= 0.6 is 0 Å². The number of nitrogen functional groups attached to an aromatic ring is 1. The summed E-state index contributed by atoms with van der Waals surface area (Å²) < 4.78 is 37.6. The third-order valence-electron chi connectivity index (χ3n) is 2.26. The number of imide groups is 1. The summed E-state index contributed by atoms with van der Waals surface area (Å²) >= 11 is 0. The van der Waals surface area contributed by atoms with E-state index in [2.05, 4.69) is 9.97 Å². The Kier molecular flexibility index (Phi) is 3.00. The number of aromatic nitrogens is 2. The molecule has 0 saturated carbocycles. The van der Waals surface area contributed by atoms with Crippen molar-refractivity contribution in [2.75, 3.05) is 23.7 Å². The summed E-state index contributed by atoms with van der Waals surface area (Å²) in [5.41, 5.74) is 5.27. The lowest BCUT2D eigenvalue weighted by Crippen LogP contribution is -2.51. The highest BCUT2D eigenvalue weighted by atomic mass is 19.4. The summed E-state index contributed by atoms with van der Waals surface area (Å²) in [5, 5.41) is 2.02. The maximum absolute atomic E-state index is 12.5. The minimum Gasteiger partial charge on any atom is -0.384 e. The van der Waals surface area contributed by atoms with Crippen LogP contribution in [0.1, 0.15) is 5.82 Å². The minimum atomic E-state index is -4.76. The number of alkyl halides is 3. The Balaban J connectivity index is 2.37. The van der Waals surface area contributed by atoms with Crippen molar-refractivity contribution in [2.24, 2.45) is 0 Å². The van der Waals surface area contributed by atoms with E-state index in [-0.39, 0.29) is 18.9 Å². The Hall–Kier alpha value is -2.39. The highest BCUT2D eigenvalue weighted by molar-refractivity contribution is 6.02. The molecule has 1 saturated heterocycles. The van der Waals surface area contributed by atoms with Crippen molar-refractivity contribution in [1.82, 2.24) is 15.3 Å². The fraction of sp³-hybridized carbons (Fsp3) is 0.333. The molecule has 0 bridgehead atoms. The topological polar surface area (TPSA) is 101 Å². The Morgan fingerprint density at radius 3 is 2.32 bits per heavy atom. The second-order valence-corrected chi connectivity index (χ2v) is 3.80. The van der Waals surface area contributed by atoms with E-state index >= 15 is 0 Å². The van der Waals surface area contributed by atoms with Crippen molar-refractivity contribution in [1.29, 1.82) is 0 Å². The number of anilines is 2. The van der Waals surface area contributed by atoms with Gasteiger partial charge in [-0.3, -0.25) is 14.9 Å². The second kappa shape index (κ2) is 4.37. The zero-order valence-electron chi connectivity index (χ0n) is 9.36. The number of halogens is 3. The summed E-state index contributed by atoms with van der Waals surface area (Å²) in [6.45, 7) is -0.557. The van der Waals surface area contributed by atoms with Gasteiger partial charge in [-0.25, -0.2) is 9.97 Å². The lowest BCUT2D eigenvalue weighted by molar-refractivity contribution is -0.144. The van der Waals surface area contributed by atoms with Crippen molar-refractivity contribution in [3.63, 3.8) is 0 Å². The van der Waals surface area contributed by atoms with Crippen LogP contribution in [-0.4, -0.2) is 34.9 Å². The number of piperazine rings is 1. The van der Waals surface area contributed by atoms with Crippen LogP contribution in [0, 0.1) is 0 Å². The number of carbonyl (C=O) groups excluding carboxylic acids is 2. The SMILES string of the molecule is Nc1cc(N2CC(=O)NC(=O)C2)nc(C(F)(F)F)n1. The van der Waals surface area contributed by atoms with E-state index in [0.717, 1.165) is 11.0 Å². The van der Waals surface area contributed by atoms with Crippen LogP contribution in [0.15, 0.2) is 6.07 Å². The molecule has 3 N–H and O–H groups in total. The predicted octanol–water partition coefficient (Wildman–Crippen LogP) is -0.460. The molecule has 2 heterocycles. The standard InChI is InChI=1S/C9H8F3N5O2/c10-9(11,12)8-14-4(13)1-5(15-8)17-2-6(18)16-7(19)3-17/h1H,2-3H2,(H2,13,14,15)(H,16,18,19). The number of nitrogens with one attached hydrogen (secondary N) is 1. The molecule has 10 heteroatoms. The normalized spacial score (nSPS) is 16.5. The second-order valence-electron chi connectivity index (χ2n) is 3.80. The van der Waals surface area contributed by atoms with E-state index in [1.54, 1.807) is 0 Å². The molecule has 1 aliphatic rings. The van der Waals surface area contributed by atoms with E-state index in [1.807, 2.05) is 5.32 Å². The minimum absolute atomic E-state index is 0.219.